The number of hydrogen-bond donors (Lipinski definition) is 2. The molecule has 1 amide bonds. The van der Waals surface area contributed by atoms with Gasteiger partial charge in [-0.25, -0.2) is 13.6 Å². The van der Waals surface area contributed by atoms with Crippen molar-refractivity contribution in [2.45, 2.75) is 30.4 Å². The molecule has 0 spiro atoms. The third kappa shape index (κ3) is 6.43. The lowest BCUT2D eigenvalue weighted by Crippen LogP contribution is -2.23. The molecule has 2 aromatic rings. The number of nitrogens with two attached hydrogens (primary N) is 1. The van der Waals surface area contributed by atoms with Crippen LogP contribution in [0, 0.1) is 17.2 Å². The second-order valence-electron chi connectivity index (χ2n) is 6.27. The quantitative estimate of drug-likeness (QED) is 0.576. The Morgan fingerprint density at radius 1 is 1.41 bits per heavy atom. The molecule has 1 aromatic heterocycles. The summed E-state index contributed by atoms with van der Waals surface area (Å²) in [6, 6.07) is 11.3. The predicted molar refractivity (Wildman–Crippen MR) is 110 cm³/mol. The van der Waals surface area contributed by atoms with Crippen molar-refractivity contribution in [1.29, 1.82) is 5.26 Å². The molecule has 0 aliphatic heterocycles. The summed E-state index contributed by atoms with van der Waals surface area (Å²) in [4.78, 5) is 12.4. The predicted octanol–water partition coefficient (Wildman–Crippen LogP) is 3.42. The van der Waals surface area contributed by atoms with Crippen LogP contribution in [0.2, 0.25) is 0 Å². The minimum absolute atomic E-state index is 0.0332. The number of halogens is 1. The van der Waals surface area contributed by atoms with Gasteiger partial charge >= 0.3 is 0 Å². The molecule has 144 valence electrons. The number of sulfonamides is 1. The van der Waals surface area contributed by atoms with Crippen LogP contribution < -0.4 is 10.5 Å². The number of nitriles is 1. The van der Waals surface area contributed by atoms with Gasteiger partial charge in [0.2, 0.25) is 15.9 Å². The molecule has 1 heterocycles. The molecule has 1 unspecified atom stereocenters. The van der Waals surface area contributed by atoms with Crippen LogP contribution >= 0.6 is 27.3 Å². The van der Waals surface area contributed by atoms with E-state index in [9.17, 15) is 13.2 Å². The average Bonchev–Trinajstić information content (AvgIpc) is 3.00. The Hall–Kier alpha value is -1.73. The number of primary sulfonamides is 1. The summed E-state index contributed by atoms with van der Waals surface area (Å²) in [6.07, 6.45) is 1.90. The second-order valence-corrected chi connectivity index (χ2v) is 9.97. The van der Waals surface area contributed by atoms with Crippen molar-refractivity contribution in [3.05, 3.63) is 40.4 Å². The molecule has 0 aliphatic rings. The van der Waals surface area contributed by atoms with Gasteiger partial charge in [0.05, 0.1) is 6.07 Å². The van der Waals surface area contributed by atoms with Crippen molar-refractivity contribution in [2.24, 2.45) is 11.1 Å². The Morgan fingerprint density at radius 3 is 2.78 bits per heavy atom. The number of carbonyl (C=O) groups excluding carboxylic acids is 1. The molecule has 0 saturated carbocycles. The summed E-state index contributed by atoms with van der Waals surface area (Å²) >= 11 is 4.54. The fraction of sp³-hybridized carbons (Fsp3) is 0.333. The third-order valence-corrected chi connectivity index (χ3v) is 7.44. The topological polar surface area (TPSA) is 113 Å². The number of rotatable bonds is 8. The number of hydrogen-bond acceptors (Lipinski definition) is 5. The first-order valence-electron chi connectivity index (χ1n) is 8.25. The Balaban J connectivity index is 2.07. The largest absolute Gasteiger partial charge is 0.343 e. The lowest BCUT2D eigenvalue weighted by Gasteiger charge is -2.12. The zero-order valence-electron chi connectivity index (χ0n) is 14.7. The maximum absolute atomic E-state index is 11.6. The van der Waals surface area contributed by atoms with E-state index in [1.807, 2.05) is 30.3 Å². The van der Waals surface area contributed by atoms with E-state index in [2.05, 4.69) is 28.2 Å². The Kier molecular flexibility index (Phi) is 7.56. The molecule has 9 heteroatoms. The number of thiophene rings is 1. The molecule has 0 saturated heterocycles. The summed E-state index contributed by atoms with van der Waals surface area (Å²) < 4.78 is 23.9. The first kappa shape index (κ1) is 21.6. The second kappa shape index (κ2) is 9.46. The van der Waals surface area contributed by atoms with E-state index in [0.29, 0.717) is 16.8 Å². The molecule has 6 nitrogen and oxygen atoms in total. The van der Waals surface area contributed by atoms with E-state index in [4.69, 9.17) is 10.4 Å². The van der Waals surface area contributed by atoms with Crippen LogP contribution in [0.1, 0.15) is 25.3 Å². The van der Waals surface area contributed by atoms with Crippen LogP contribution in [0.4, 0.5) is 0 Å². The number of benzene rings is 1. The van der Waals surface area contributed by atoms with Gasteiger partial charge in [-0.05, 0) is 51.9 Å². The van der Waals surface area contributed by atoms with Crippen LogP contribution in [0.5, 0.6) is 0 Å². The summed E-state index contributed by atoms with van der Waals surface area (Å²) in [7, 11) is -3.73. The van der Waals surface area contributed by atoms with E-state index >= 15 is 0 Å². The molecule has 1 aromatic carbocycles. The van der Waals surface area contributed by atoms with Crippen LogP contribution in [0.15, 0.2) is 39.0 Å². The fourth-order valence-corrected chi connectivity index (χ4v) is 5.41. The maximum Gasteiger partial charge on any atom is 0.247 e. The number of carbonyl (C=O) groups is 1. The molecular weight excluding hydrogens is 450 g/mol. The Morgan fingerprint density at radius 2 is 2.15 bits per heavy atom. The van der Waals surface area contributed by atoms with E-state index in [-0.39, 0.29) is 16.7 Å². The lowest BCUT2D eigenvalue weighted by atomic mass is 9.95. The molecule has 0 aliphatic carbocycles. The number of nitrogens with one attached hydrogen (secondary N) is 1. The number of nitrogens with zero attached hydrogens (tertiary/aromatic N) is 1. The van der Waals surface area contributed by atoms with Crippen molar-refractivity contribution in [3.63, 3.8) is 0 Å². The smallest absolute Gasteiger partial charge is 0.247 e. The van der Waals surface area contributed by atoms with Gasteiger partial charge in [0, 0.05) is 15.8 Å². The van der Waals surface area contributed by atoms with E-state index in [1.165, 1.54) is 6.07 Å². The van der Waals surface area contributed by atoms with Gasteiger partial charge in [-0.1, -0.05) is 31.2 Å². The molecule has 0 fully saturated rings. The van der Waals surface area contributed by atoms with Crippen LogP contribution in [-0.2, 0) is 21.2 Å². The fourth-order valence-electron chi connectivity index (χ4n) is 2.63. The molecule has 27 heavy (non-hydrogen) atoms. The highest BCUT2D eigenvalue weighted by Crippen LogP contribution is 2.38. The summed E-state index contributed by atoms with van der Waals surface area (Å²) in [5.74, 6) is 0.176. The monoisotopic (exact) mass is 469 g/mol. The van der Waals surface area contributed by atoms with Gasteiger partial charge in [0.25, 0.3) is 0 Å². The lowest BCUT2D eigenvalue weighted by molar-refractivity contribution is -0.121. The SMILES string of the molecule is CC(CCC(=O)NCC#N)Cc1cccc(-c2sc(S(N)(=O)=O)cc2Br)c1. The summed E-state index contributed by atoms with van der Waals surface area (Å²) in [5, 5.41) is 16.2. The third-order valence-electron chi connectivity index (χ3n) is 3.95. The van der Waals surface area contributed by atoms with Crippen molar-refractivity contribution < 1.29 is 13.2 Å². The molecule has 2 rings (SSSR count). The minimum atomic E-state index is -3.73. The van der Waals surface area contributed by atoms with E-state index < -0.39 is 10.0 Å². The zero-order valence-corrected chi connectivity index (χ0v) is 18.0. The molecule has 0 radical (unpaired) electrons. The van der Waals surface area contributed by atoms with E-state index in [1.54, 1.807) is 0 Å². The summed E-state index contributed by atoms with van der Waals surface area (Å²) in [6.45, 7) is 2.11. The van der Waals surface area contributed by atoms with Gasteiger partial charge in [-0.15, -0.1) is 11.3 Å². The highest BCUT2D eigenvalue weighted by atomic mass is 79.9. The normalized spacial score (nSPS) is 12.4. The Bertz CT molecular complexity index is 964. The van der Waals surface area contributed by atoms with Crippen molar-refractivity contribution in [3.8, 4) is 16.5 Å². The Labute approximate surface area is 171 Å². The van der Waals surface area contributed by atoms with Crippen molar-refractivity contribution in [2.75, 3.05) is 6.54 Å². The van der Waals surface area contributed by atoms with Gasteiger partial charge in [0.15, 0.2) is 0 Å². The van der Waals surface area contributed by atoms with Gasteiger partial charge in [-0.2, -0.15) is 5.26 Å². The standard InChI is InChI=1S/C18H20BrN3O3S2/c1-12(5-6-16(23)22-8-7-20)9-13-3-2-4-14(10-13)18-15(19)11-17(26-18)27(21,24)25/h2-4,10-12H,5-6,8-9H2,1H3,(H,22,23)(H2,21,24,25). The molecular formula is C18H20BrN3O3S2. The minimum Gasteiger partial charge on any atom is -0.343 e. The average molecular weight is 470 g/mol. The molecule has 1 atom stereocenters. The highest BCUT2D eigenvalue weighted by Gasteiger charge is 2.17. The van der Waals surface area contributed by atoms with Gasteiger partial charge in [-0.3, -0.25) is 4.79 Å². The van der Waals surface area contributed by atoms with Crippen LogP contribution in [-0.4, -0.2) is 20.9 Å². The van der Waals surface area contributed by atoms with Crippen LogP contribution in [0.25, 0.3) is 10.4 Å². The van der Waals surface area contributed by atoms with Crippen molar-refractivity contribution >= 4 is 43.2 Å². The molecule has 0 bridgehead atoms. The first-order chi connectivity index (χ1) is 12.7. The van der Waals surface area contributed by atoms with Gasteiger partial charge < -0.3 is 5.32 Å². The summed E-state index contributed by atoms with van der Waals surface area (Å²) in [5.41, 5.74) is 2.02. The van der Waals surface area contributed by atoms with Crippen molar-refractivity contribution in [1.82, 2.24) is 5.32 Å². The molecule has 3 N–H and O–H groups in total. The maximum atomic E-state index is 11.6. The highest BCUT2D eigenvalue weighted by molar-refractivity contribution is 9.10. The first-order valence-corrected chi connectivity index (χ1v) is 11.4. The van der Waals surface area contributed by atoms with Gasteiger partial charge in [0.1, 0.15) is 10.8 Å². The number of amides is 1. The zero-order chi connectivity index (χ0) is 20.0. The van der Waals surface area contributed by atoms with E-state index in [0.717, 1.165) is 40.2 Å². The van der Waals surface area contributed by atoms with Crippen LogP contribution in [0.3, 0.4) is 0 Å².